The molecule has 3 aromatic rings. The fourth-order valence-corrected chi connectivity index (χ4v) is 3.21. The molecule has 9 nitrogen and oxygen atoms in total. The zero-order valence-electron chi connectivity index (χ0n) is 16.7. The van der Waals surface area contributed by atoms with Crippen molar-refractivity contribution in [3.8, 4) is 11.5 Å². The maximum absolute atomic E-state index is 12.6. The first-order valence-corrected chi connectivity index (χ1v) is 9.10. The molecule has 0 amide bonds. The molecule has 0 radical (unpaired) electrons. The summed E-state index contributed by atoms with van der Waals surface area (Å²) < 4.78 is 15.2. The normalized spacial score (nSPS) is 10.6. The van der Waals surface area contributed by atoms with Crippen molar-refractivity contribution in [3.05, 3.63) is 63.3 Å². The van der Waals surface area contributed by atoms with Gasteiger partial charge in [0.1, 0.15) is 5.56 Å². The number of hydrogen-bond acceptors (Lipinski definition) is 7. The molecular formula is C21H20N2O7. The topological polar surface area (TPSA) is 121 Å². The largest absolute Gasteiger partial charge is 0.493 e. The zero-order valence-corrected chi connectivity index (χ0v) is 16.7. The number of carbonyl (C=O) groups is 2. The van der Waals surface area contributed by atoms with Crippen molar-refractivity contribution in [2.45, 2.75) is 13.3 Å². The number of nitrogens with one attached hydrogen (secondary N) is 1. The Morgan fingerprint density at radius 2 is 1.80 bits per heavy atom. The van der Waals surface area contributed by atoms with E-state index in [2.05, 4.69) is 4.98 Å². The Morgan fingerprint density at radius 3 is 2.43 bits per heavy atom. The molecule has 3 rings (SSSR count). The van der Waals surface area contributed by atoms with Crippen LogP contribution < -0.4 is 9.47 Å². The van der Waals surface area contributed by atoms with E-state index < -0.39 is 29.0 Å². The highest BCUT2D eigenvalue weighted by atomic mass is 16.6. The van der Waals surface area contributed by atoms with E-state index in [1.54, 1.807) is 12.3 Å². The van der Waals surface area contributed by atoms with E-state index in [-0.39, 0.29) is 17.1 Å². The van der Waals surface area contributed by atoms with Crippen LogP contribution in [-0.4, -0.2) is 42.5 Å². The van der Waals surface area contributed by atoms with Gasteiger partial charge in [0.2, 0.25) is 5.78 Å². The summed E-state index contributed by atoms with van der Waals surface area (Å²) in [5, 5.41) is 12.1. The fourth-order valence-electron chi connectivity index (χ4n) is 3.21. The molecule has 0 bridgehead atoms. The Labute approximate surface area is 171 Å². The number of aromatic nitrogens is 1. The van der Waals surface area contributed by atoms with Crippen LogP contribution in [0.1, 0.15) is 33.2 Å². The number of nitrogens with zero attached hydrogens (tertiary/aromatic N) is 1. The second-order valence-electron chi connectivity index (χ2n) is 6.38. The molecular weight excluding hydrogens is 392 g/mol. The highest BCUT2D eigenvalue weighted by molar-refractivity contribution is 6.09. The lowest BCUT2D eigenvalue weighted by Crippen LogP contribution is -2.15. The van der Waals surface area contributed by atoms with Crippen molar-refractivity contribution >= 4 is 28.3 Å². The van der Waals surface area contributed by atoms with Crippen molar-refractivity contribution in [3.63, 3.8) is 0 Å². The fraction of sp³-hybridized carbons (Fsp3) is 0.238. The maximum atomic E-state index is 12.6. The number of rotatable bonds is 8. The number of methoxy groups -OCH3 is 2. The van der Waals surface area contributed by atoms with Gasteiger partial charge in [-0.1, -0.05) is 25.1 Å². The molecule has 156 valence electrons. The molecule has 9 heteroatoms. The smallest absolute Gasteiger partial charge is 0.345 e. The first-order valence-electron chi connectivity index (χ1n) is 9.10. The molecule has 30 heavy (non-hydrogen) atoms. The molecule has 0 aliphatic carbocycles. The third-order valence-electron chi connectivity index (χ3n) is 4.74. The van der Waals surface area contributed by atoms with Crippen LogP contribution in [0.25, 0.3) is 10.9 Å². The highest BCUT2D eigenvalue weighted by Gasteiger charge is 2.26. The van der Waals surface area contributed by atoms with Gasteiger partial charge in [-0.2, -0.15) is 0 Å². The number of Topliss-reactive ketones (excluding diaryl/α,β-unsaturated/α-hetero) is 1. The lowest BCUT2D eigenvalue weighted by atomic mass is 10.1. The third-order valence-corrected chi connectivity index (χ3v) is 4.74. The van der Waals surface area contributed by atoms with Crippen LogP contribution in [0.5, 0.6) is 11.5 Å². The maximum Gasteiger partial charge on any atom is 0.345 e. The second kappa shape index (κ2) is 8.64. The summed E-state index contributed by atoms with van der Waals surface area (Å²) in [6.07, 6.45) is 2.36. The number of aromatic amines is 1. The monoisotopic (exact) mass is 412 g/mol. The summed E-state index contributed by atoms with van der Waals surface area (Å²) in [4.78, 5) is 38.8. The van der Waals surface area contributed by atoms with Gasteiger partial charge in [-0.3, -0.25) is 14.9 Å². The second-order valence-corrected chi connectivity index (χ2v) is 6.38. The summed E-state index contributed by atoms with van der Waals surface area (Å²) >= 11 is 0. The summed E-state index contributed by atoms with van der Waals surface area (Å²) in [5.41, 5.74) is 1.45. The number of hydrogen-bond donors (Lipinski definition) is 1. The number of nitro benzene ring substituents is 1. The van der Waals surface area contributed by atoms with Gasteiger partial charge < -0.3 is 19.2 Å². The van der Waals surface area contributed by atoms with Gasteiger partial charge in [0.05, 0.1) is 25.2 Å². The average molecular weight is 412 g/mol. The van der Waals surface area contributed by atoms with Crippen molar-refractivity contribution in [1.29, 1.82) is 0 Å². The van der Waals surface area contributed by atoms with Crippen LogP contribution in [-0.2, 0) is 11.2 Å². The number of benzene rings is 2. The molecule has 0 fully saturated rings. The van der Waals surface area contributed by atoms with E-state index in [9.17, 15) is 19.7 Å². The van der Waals surface area contributed by atoms with Gasteiger partial charge in [0.25, 0.3) is 5.69 Å². The number of nitro groups is 1. The van der Waals surface area contributed by atoms with Crippen LogP contribution >= 0.6 is 0 Å². The summed E-state index contributed by atoms with van der Waals surface area (Å²) in [6, 6.07) is 7.85. The predicted molar refractivity (Wildman–Crippen MR) is 108 cm³/mol. The molecule has 1 N–H and O–H groups in total. The predicted octanol–water partition coefficient (Wildman–Crippen LogP) is 3.70. The van der Waals surface area contributed by atoms with Gasteiger partial charge in [0.15, 0.2) is 18.1 Å². The van der Waals surface area contributed by atoms with Crippen molar-refractivity contribution in [2.24, 2.45) is 0 Å². The minimum atomic E-state index is -1.01. The molecule has 1 aromatic heterocycles. The molecule has 0 unspecified atom stereocenters. The standard InChI is InChI=1S/C21H20N2O7/c1-4-12-6-5-7-13-15(10-22-20(12)13)17(24)11-30-21(25)14-8-18(28-2)19(29-3)9-16(14)23(26)27/h5-10,22H,4,11H2,1-3H3. The van der Waals surface area contributed by atoms with E-state index in [4.69, 9.17) is 14.2 Å². The Hall–Kier alpha value is -3.88. The van der Waals surface area contributed by atoms with Crippen LogP contribution in [0.4, 0.5) is 5.69 Å². The van der Waals surface area contributed by atoms with Crippen molar-refractivity contribution in [2.75, 3.05) is 20.8 Å². The molecule has 0 aliphatic heterocycles. The molecule has 1 heterocycles. The summed E-state index contributed by atoms with van der Waals surface area (Å²) in [7, 11) is 2.66. The first-order chi connectivity index (χ1) is 14.4. The Morgan fingerprint density at radius 1 is 1.10 bits per heavy atom. The lowest BCUT2D eigenvalue weighted by Gasteiger charge is -2.10. The number of ether oxygens (including phenoxy) is 3. The van der Waals surface area contributed by atoms with Gasteiger partial charge >= 0.3 is 5.97 Å². The molecule has 2 aromatic carbocycles. The minimum absolute atomic E-state index is 0.0994. The number of ketones is 1. The SMILES string of the molecule is CCc1cccc2c(C(=O)COC(=O)c3cc(OC)c(OC)cc3[N+](=O)[O-])c[nH]c12. The zero-order chi connectivity index (χ0) is 21.8. The number of H-pyrrole nitrogens is 1. The number of aryl methyl sites for hydroxylation is 1. The van der Waals surface area contributed by atoms with Gasteiger partial charge in [-0.25, -0.2) is 4.79 Å². The molecule has 0 saturated carbocycles. The minimum Gasteiger partial charge on any atom is -0.493 e. The van der Waals surface area contributed by atoms with Crippen LogP contribution in [0.3, 0.4) is 0 Å². The van der Waals surface area contributed by atoms with E-state index in [1.807, 2.05) is 19.1 Å². The first kappa shape index (κ1) is 20.8. The summed E-state index contributed by atoms with van der Waals surface area (Å²) in [6.45, 7) is 1.45. The molecule has 0 aliphatic rings. The number of fused-ring (bicyclic) bond motifs is 1. The third kappa shape index (κ3) is 3.82. The van der Waals surface area contributed by atoms with E-state index in [0.717, 1.165) is 35.0 Å². The van der Waals surface area contributed by atoms with Crippen LogP contribution in [0, 0.1) is 10.1 Å². The molecule has 0 atom stereocenters. The quantitative estimate of drug-likeness (QED) is 0.259. The van der Waals surface area contributed by atoms with Crippen molar-refractivity contribution < 1.29 is 28.7 Å². The van der Waals surface area contributed by atoms with E-state index in [0.29, 0.717) is 5.56 Å². The van der Waals surface area contributed by atoms with Gasteiger partial charge in [-0.15, -0.1) is 0 Å². The Bertz CT molecular complexity index is 1130. The van der Waals surface area contributed by atoms with Gasteiger partial charge in [0, 0.05) is 28.7 Å². The number of esters is 1. The Kier molecular flexibility index (Phi) is 6.01. The van der Waals surface area contributed by atoms with Crippen LogP contribution in [0.2, 0.25) is 0 Å². The Balaban J connectivity index is 1.84. The van der Waals surface area contributed by atoms with Crippen molar-refractivity contribution in [1.82, 2.24) is 4.98 Å². The van der Waals surface area contributed by atoms with Gasteiger partial charge in [-0.05, 0) is 12.0 Å². The van der Waals surface area contributed by atoms with Crippen LogP contribution in [0.15, 0.2) is 36.5 Å². The average Bonchev–Trinajstić information content (AvgIpc) is 3.20. The van der Waals surface area contributed by atoms with E-state index >= 15 is 0 Å². The summed E-state index contributed by atoms with van der Waals surface area (Å²) in [5.74, 6) is -1.21. The lowest BCUT2D eigenvalue weighted by molar-refractivity contribution is -0.385. The number of para-hydroxylation sites is 1. The highest BCUT2D eigenvalue weighted by Crippen LogP contribution is 2.35. The number of carbonyl (C=O) groups excluding carboxylic acids is 2. The molecule has 0 spiro atoms. The van der Waals surface area contributed by atoms with E-state index in [1.165, 1.54) is 14.2 Å². The molecule has 0 saturated heterocycles.